The molecule has 1 unspecified atom stereocenters. The summed E-state index contributed by atoms with van der Waals surface area (Å²) in [7, 11) is 0. The highest BCUT2D eigenvalue weighted by Gasteiger charge is 2.35. The summed E-state index contributed by atoms with van der Waals surface area (Å²) in [6.45, 7) is 2.22. The average molecular weight is 345 g/mol. The van der Waals surface area contributed by atoms with Crippen molar-refractivity contribution < 1.29 is 19.4 Å². The Kier molecular flexibility index (Phi) is 4.12. The van der Waals surface area contributed by atoms with Crippen LogP contribution in [-0.4, -0.2) is 48.5 Å². The number of aliphatic hydroxyl groups excluding tert-OH is 2. The number of ether oxygens (including phenoxy) is 1. The molecule has 9 nitrogen and oxygen atoms in total. The molecule has 25 heavy (non-hydrogen) atoms. The number of rotatable bonds is 5. The van der Waals surface area contributed by atoms with Gasteiger partial charge in [-0.15, -0.1) is 0 Å². The number of hydrogen-bond acceptors (Lipinski definition) is 8. The van der Waals surface area contributed by atoms with Gasteiger partial charge >= 0.3 is 0 Å². The molecule has 1 aliphatic heterocycles. The van der Waals surface area contributed by atoms with Crippen LogP contribution < -0.4 is 5.32 Å². The molecule has 3 N–H and O–H groups in total. The molecular formula is C16H19N5O4. The van der Waals surface area contributed by atoms with Crippen molar-refractivity contribution >= 4 is 17.0 Å². The first-order valence-corrected chi connectivity index (χ1v) is 8.05. The van der Waals surface area contributed by atoms with Crippen LogP contribution in [0.15, 0.2) is 29.4 Å². The van der Waals surface area contributed by atoms with Gasteiger partial charge in [-0.2, -0.15) is 0 Å². The number of furan rings is 1. The van der Waals surface area contributed by atoms with E-state index in [-0.39, 0.29) is 6.61 Å². The summed E-state index contributed by atoms with van der Waals surface area (Å²) in [6, 6.07) is 1.95. The number of aromatic nitrogens is 4. The third-order valence-electron chi connectivity index (χ3n) is 4.27. The van der Waals surface area contributed by atoms with Crippen molar-refractivity contribution in [1.29, 1.82) is 0 Å². The predicted octanol–water partition coefficient (Wildman–Crippen LogP) is 0.981. The molecule has 1 fully saturated rings. The largest absolute Gasteiger partial charge is 0.467 e. The highest BCUT2D eigenvalue weighted by atomic mass is 16.5. The molecule has 0 radical (unpaired) electrons. The average Bonchev–Trinajstić information content (AvgIpc) is 3.31. The van der Waals surface area contributed by atoms with E-state index < -0.39 is 18.4 Å². The zero-order valence-corrected chi connectivity index (χ0v) is 13.7. The third-order valence-corrected chi connectivity index (χ3v) is 4.27. The van der Waals surface area contributed by atoms with Crippen LogP contribution in [0, 0.1) is 6.92 Å². The zero-order valence-electron chi connectivity index (χ0n) is 13.7. The van der Waals surface area contributed by atoms with Gasteiger partial charge in [0.1, 0.15) is 24.4 Å². The van der Waals surface area contributed by atoms with Gasteiger partial charge in [-0.3, -0.25) is 4.57 Å². The lowest BCUT2D eigenvalue weighted by molar-refractivity contribution is -0.0432. The lowest BCUT2D eigenvalue weighted by atomic mass is 10.2. The molecule has 132 valence electrons. The third kappa shape index (κ3) is 2.97. The topological polar surface area (TPSA) is 118 Å². The molecule has 4 heterocycles. The zero-order chi connectivity index (χ0) is 17.4. The van der Waals surface area contributed by atoms with Crippen LogP contribution in [0.1, 0.15) is 24.0 Å². The van der Waals surface area contributed by atoms with Crippen molar-refractivity contribution in [3.63, 3.8) is 0 Å². The van der Waals surface area contributed by atoms with Crippen molar-refractivity contribution in [2.45, 2.75) is 38.3 Å². The molecule has 3 aromatic heterocycles. The van der Waals surface area contributed by atoms with Crippen molar-refractivity contribution in [1.82, 2.24) is 19.5 Å². The van der Waals surface area contributed by atoms with Crippen LogP contribution in [-0.2, 0) is 11.3 Å². The molecule has 0 amide bonds. The molecule has 4 rings (SSSR count). The second kappa shape index (κ2) is 6.43. The Morgan fingerprint density at radius 1 is 1.36 bits per heavy atom. The molecule has 1 saturated heterocycles. The van der Waals surface area contributed by atoms with E-state index in [1.165, 1.54) is 6.33 Å². The minimum Gasteiger partial charge on any atom is -0.467 e. The fourth-order valence-electron chi connectivity index (χ4n) is 3.00. The summed E-state index contributed by atoms with van der Waals surface area (Å²) < 4.78 is 12.8. The Morgan fingerprint density at radius 3 is 2.96 bits per heavy atom. The highest BCUT2D eigenvalue weighted by Crippen LogP contribution is 2.31. The maximum atomic E-state index is 9.92. The molecule has 3 aromatic rings. The second-order valence-electron chi connectivity index (χ2n) is 6.11. The van der Waals surface area contributed by atoms with Gasteiger partial charge in [-0.05, 0) is 18.6 Å². The van der Waals surface area contributed by atoms with Gasteiger partial charge in [-0.1, -0.05) is 0 Å². The van der Waals surface area contributed by atoms with Gasteiger partial charge in [0.05, 0.1) is 31.8 Å². The van der Waals surface area contributed by atoms with E-state index in [9.17, 15) is 10.2 Å². The van der Waals surface area contributed by atoms with Crippen molar-refractivity contribution in [3.05, 3.63) is 36.3 Å². The molecule has 1 aliphatic rings. The number of fused-ring (bicyclic) bond motifs is 1. The fourth-order valence-corrected chi connectivity index (χ4v) is 3.00. The normalized spacial score (nSPS) is 23.4. The number of hydrogen-bond donors (Lipinski definition) is 3. The quantitative estimate of drug-likeness (QED) is 0.626. The molecule has 0 bridgehead atoms. The molecule has 9 heteroatoms. The van der Waals surface area contributed by atoms with Crippen molar-refractivity contribution in [2.24, 2.45) is 0 Å². The van der Waals surface area contributed by atoms with E-state index in [4.69, 9.17) is 9.15 Å². The lowest BCUT2D eigenvalue weighted by Crippen LogP contribution is -2.24. The second-order valence-corrected chi connectivity index (χ2v) is 6.11. The van der Waals surface area contributed by atoms with Gasteiger partial charge in [-0.25, -0.2) is 15.0 Å². The molecule has 0 aromatic carbocycles. The maximum Gasteiger partial charge on any atom is 0.167 e. The van der Waals surface area contributed by atoms with Crippen molar-refractivity contribution in [3.8, 4) is 0 Å². The Bertz CT molecular complexity index is 876. The molecule has 0 spiro atoms. The standard InChI is InChI=1S/C16H19N5O4/c1-9-2-10(24-6-9)4-17-15-14-16(19-7-18-15)21(8-20-14)13-3-11(23)12(5-22)25-13/h2,6-8,11-13,22-23H,3-5H2,1H3,(H,17,18,19)/t11-,12+,13?/m0/s1. The van der Waals surface area contributed by atoms with Crippen LogP contribution in [0.2, 0.25) is 0 Å². The van der Waals surface area contributed by atoms with Crippen LogP contribution in [0.4, 0.5) is 5.82 Å². The number of aryl methyl sites for hydroxylation is 1. The SMILES string of the molecule is Cc1coc(CNc2ncnc3c2ncn3C2C[C@H](O)[C@@H](CO)O2)c1. The van der Waals surface area contributed by atoms with Crippen molar-refractivity contribution in [2.75, 3.05) is 11.9 Å². The number of aliphatic hydroxyl groups is 2. The first-order chi connectivity index (χ1) is 12.2. The smallest absolute Gasteiger partial charge is 0.167 e. The Labute approximate surface area is 143 Å². The summed E-state index contributed by atoms with van der Waals surface area (Å²) >= 11 is 0. The Morgan fingerprint density at radius 2 is 2.24 bits per heavy atom. The highest BCUT2D eigenvalue weighted by molar-refractivity contribution is 5.82. The van der Waals surface area contributed by atoms with E-state index in [2.05, 4.69) is 20.3 Å². The minimum absolute atomic E-state index is 0.228. The van der Waals surface area contributed by atoms with E-state index >= 15 is 0 Å². The number of imidazole rings is 1. The Balaban J connectivity index is 1.58. The first kappa shape index (κ1) is 16.0. The van der Waals surface area contributed by atoms with Gasteiger partial charge < -0.3 is 24.7 Å². The molecular weight excluding hydrogens is 326 g/mol. The Hall–Kier alpha value is -2.49. The summed E-state index contributed by atoms with van der Waals surface area (Å²) in [4.78, 5) is 12.9. The van der Waals surface area contributed by atoms with Crippen LogP contribution >= 0.6 is 0 Å². The van der Waals surface area contributed by atoms with E-state index in [0.717, 1.165) is 11.3 Å². The van der Waals surface area contributed by atoms with E-state index in [0.29, 0.717) is 29.9 Å². The predicted molar refractivity (Wildman–Crippen MR) is 87.7 cm³/mol. The van der Waals surface area contributed by atoms with E-state index in [1.807, 2.05) is 13.0 Å². The number of nitrogens with zero attached hydrogens (tertiary/aromatic N) is 4. The van der Waals surface area contributed by atoms with Gasteiger partial charge in [0.2, 0.25) is 0 Å². The summed E-state index contributed by atoms with van der Waals surface area (Å²) in [6.07, 6.45) is 3.39. The monoisotopic (exact) mass is 345 g/mol. The lowest BCUT2D eigenvalue weighted by Gasteiger charge is -2.13. The fraction of sp³-hybridized carbons (Fsp3) is 0.438. The van der Waals surface area contributed by atoms with E-state index in [1.54, 1.807) is 17.2 Å². The summed E-state index contributed by atoms with van der Waals surface area (Å²) in [5, 5.41) is 22.4. The van der Waals surface area contributed by atoms with Gasteiger partial charge in [0.25, 0.3) is 0 Å². The summed E-state index contributed by atoms with van der Waals surface area (Å²) in [5.74, 6) is 1.40. The first-order valence-electron chi connectivity index (χ1n) is 8.05. The number of anilines is 1. The summed E-state index contributed by atoms with van der Waals surface area (Å²) in [5.41, 5.74) is 2.27. The minimum atomic E-state index is -0.714. The molecule has 0 saturated carbocycles. The maximum absolute atomic E-state index is 9.92. The van der Waals surface area contributed by atoms with Crippen LogP contribution in [0.5, 0.6) is 0 Å². The molecule has 3 atom stereocenters. The van der Waals surface area contributed by atoms with Gasteiger partial charge in [0, 0.05) is 6.42 Å². The van der Waals surface area contributed by atoms with Gasteiger partial charge in [0.15, 0.2) is 17.0 Å². The van der Waals surface area contributed by atoms with Crippen LogP contribution in [0.3, 0.4) is 0 Å². The van der Waals surface area contributed by atoms with Crippen LogP contribution in [0.25, 0.3) is 11.2 Å². The molecule has 0 aliphatic carbocycles. The number of nitrogens with one attached hydrogen (secondary N) is 1.